The first-order valence-corrected chi connectivity index (χ1v) is 5.74. The lowest BCUT2D eigenvalue weighted by molar-refractivity contribution is 0.305. The number of nitrogens with one attached hydrogen (secondary N) is 1. The van der Waals surface area contributed by atoms with E-state index in [0.717, 1.165) is 12.2 Å². The van der Waals surface area contributed by atoms with Crippen molar-refractivity contribution in [2.24, 2.45) is 0 Å². The van der Waals surface area contributed by atoms with E-state index < -0.39 is 0 Å². The monoisotopic (exact) mass is 222 g/mol. The Morgan fingerprint density at radius 2 is 2.19 bits per heavy atom. The Balaban J connectivity index is 2.28. The van der Waals surface area contributed by atoms with Gasteiger partial charge < -0.3 is 15.8 Å². The van der Waals surface area contributed by atoms with Crippen molar-refractivity contribution in [1.29, 1.82) is 0 Å². The first-order chi connectivity index (χ1) is 7.76. The van der Waals surface area contributed by atoms with Crippen molar-refractivity contribution in [2.75, 3.05) is 24.7 Å². The molecule has 0 saturated heterocycles. The maximum absolute atomic E-state index is 5.91. The molecule has 2 rings (SSSR count). The van der Waals surface area contributed by atoms with Gasteiger partial charge in [0, 0.05) is 13.0 Å². The van der Waals surface area contributed by atoms with Crippen molar-refractivity contribution in [3.8, 4) is 5.88 Å². The number of hydrogen-bond acceptors (Lipinski definition) is 5. The molecular formula is C11H18N4O. The summed E-state index contributed by atoms with van der Waals surface area (Å²) < 4.78 is 5.53. The van der Waals surface area contributed by atoms with Gasteiger partial charge >= 0.3 is 0 Å². The Morgan fingerprint density at radius 3 is 2.75 bits per heavy atom. The van der Waals surface area contributed by atoms with E-state index in [9.17, 15) is 0 Å². The zero-order chi connectivity index (χ0) is 11.5. The van der Waals surface area contributed by atoms with Crippen LogP contribution in [0.4, 0.5) is 11.5 Å². The van der Waals surface area contributed by atoms with Gasteiger partial charge in [0.15, 0.2) is 5.82 Å². The molecule has 1 aromatic heterocycles. The first-order valence-electron chi connectivity index (χ1n) is 5.74. The van der Waals surface area contributed by atoms with Crippen LogP contribution >= 0.6 is 0 Å². The second kappa shape index (κ2) is 4.55. The van der Waals surface area contributed by atoms with Crippen molar-refractivity contribution < 1.29 is 4.74 Å². The molecule has 0 radical (unpaired) electrons. The van der Waals surface area contributed by atoms with E-state index in [1.807, 2.05) is 0 Å². The number of nitrogen functional groups attached to an aromatic ring is 1. The van der Waals surface area contributed by atoms with Crippen molar-refractivity contribution in [1.82, 2.24) is 9.97 Å². The van der Waals surface area contributed by atoms with E-state index >= 15 is 0 Å². The fourth-order valence-corrected chi connectivity index (χ4v) is 1.49. The second-order valence-electron chi connectivity index (χ2n) is 4.02. The molecule has 0 aliphatic heterocycles. The third kappa shape index (κ3) is 2.18. The number of anilines is 2. The summed E-state index contributed by atoms with van der Waals surface area (Å²) in [6.07, 6.45) is 3.28. The van der Waals surface area contributed by atoms with Gasteiger partial charge in [0.25, 0.3) is 0 Å². The minimum atomic E-state index is 0.497. The second-order valence-corrected chi connectivity index (χ2v) is 4.02. The molecule has 0 bridgehead atoms. The molecule has 0 spiro atoms. The fraction of sp³-hybridized carbons (Fsp3) is 0.636. The first kappa shape index (κ1) is 11.0. The van der Waals surface area contributed by atoms with Crippen LogP contribution in [0.15, 0.2) is 0 Å². The van der Waals surface area contributed by atoms with Crippen molar-refractivity contribution in [3.05, 3.63) is 5.82 Å². The van der Waals surface area contributed by atoms with Crippen LogP contribution in [0.25, 0.3) is 0 Å². The molecule has 1 aromatic rings. The summed E-state index contributed by atoms with van der Waals surface area (Å²) in [6, 6.07) is 0. The summed E-state index contributed by atoms with van der Waals surface area (Å²) in [7, 11) is 1.80. The van der Waals surface area contributed by atoms with Crippen molar-refractivity contribution in [2.45, 2.75) is 32.1 Å². The van der Waals surface area contributed by atoms with E-state index in [1.54, 1.807) is 7.05 Å². The highest BCUT2D eigenvalue weighted by atomic mass is 16.5. The molecule has 1 heterocycles. The van der Waals surface area contributed by atoms with Gasteiger partial charge in [-0.15, -0.1) is 0 Å². The molecule has 88 valence electrons. The lowest BCUT2D eigenvalue weighted by Crippen LogP contribution is -2.08. The minimum absolute atomic E-state index is 0.497. The normalized spacial score (nSPS) is 14.9. The Bertz CT molecular complexity index is 376. The Labute approximate surface area is 95.4 Å². The van der Waals surface area contributed by atoms with Crippen LogP contribution in [0.5, 0.6) is 5.88 Å². The zero-order valence-corrected chi connectivity index (χ0v) is 9.79. The van der Waals surface area contributed by atoms with Gasteiger partial charge in [-0.1, -0.05) is 6.92 Å². The molecule has 1 saturated carbocycles. The number of nitrogens with zero attached hydrogens (tertiary/aromatic N) is 2. The summed E-state index contributed by atoms with van der Waals surface area (Å²) in [4.78, 5) is 8.78. The van der Waals surface area contributed by atoms with E-state index in [1.165, 1.54) is 12.8 Å². The molecule has 0 aromatic carbocycles. The largest absolute Gasteiger partial charge is 0.476 e. The smallest absolute Gasteiger partial charge is 0.242 e. The number of rotatable bonds is 5. The lowest BCUT2D eigenvalue weighted by atomic mass is 10.3. The highest BCUT2D eigenvalue weighted by Crippen LogP contribution is 2.40. The molecule has 3 N–H and O–H groups in total. The standard InChI is InChI=1S/C11H18N4O/c1-3-6-16-11-8(12)10(13-2)14-9(15-11)7-4-5-7/h7H,3-6,12H2,1-2H3,(H,13,14,15). The van der Waals surface area contributed by atoms with Crippen LogP contribution in [-0.4, -0.2) is 23.6 Å². The molecule has 0 amide bonds. The van der Waals surface area contributed by atoms with Crippen LogP contribution in [0.2, 0.25) is 0 Å². The summed E-state index contributed by atoms with van der Waals surface area (Å²) in [5.41, 5.74) is 6.41. The maximum Gasteiger partial charge on any atom is 0.242 e. The quantitative estimate of drug-likeness (QED) is 0.794. The van der Waals surface area contributed by atoms with Gasteiger partial charge in [0.1, 0.15) is 11.5 Å². The zero-order valence-electron chi connectivity index (χ0n) is 9.79. The molecule has 1 fully saturated rings. The molecule has 1 aliphatic rings. The van der Waals surface area contributed by atoms with E-state index in [2.05, 4.69) is 22.2 Å². The van der Waals surface area contributed by atoms with Gasteiger partial charge in [-0.25, -0.2) is 4.98 Å². The molecular weight excluding hydrogens is 204 g/mol. The van der Waals surface area contributed by atoms with E-state index in [-0.39, 0.29) is 0 Å². The summed E-state index contributed by atoms with van der Waals surface area (Å²) in [5.74, 6) is 2.53. The van der Waals surface area contributed by atoms with Crippen LogP contribution in [0, 0.1) is 0 Å². The predicted molar refractivity (Wildman–Crippen MR) is 63.8 cm³/mol. The number of nitrogens with two attached hydrogens (primary N) is 1. The average molecular weight is 222 g/mol. The van der Waals surface area contributed by atoms with Crippen molar-refractivity contribution >= 4 is 11.5 Å². The Kier molecular flexibility index (Phi) is 3.12. The number of aromatic nitrogens is 2. The SMILES string of the molecule is CCCOc1nc(C2CC2)nc(NC)c1N. The minimum Gasteiger partial charge on any atom is -0.476 e. The van der Waals surface area contributed by atoms with Gasteiger partial charge in [0.05, 0.1) is 6.61 Å². The number of ether oxygens (including phenoxy) is 1. The summed E-state index contributed by atoms with van der Waals surface area (Å²) in [6.45, 7) is 2.69. The third-order valence-corrected chi connectivity index (χ3v) is 2.55. The fourth-order valence-electron chi connectivity index (χ4n) is 1.49. The molecule has 5 nitrogen and oxygen atoms in total. The molecule has 1 aliphatic carbocycles. The van der Waals surface area contributed by atoms with E-state index in [4.69, 9.17) is 10.5 Å². The topological polar surface area (TPSA) is 73.1 Å². The van der Waals surface area contributed by atoms with Gasteiger partial charge in [0.2, 0.25) is 5.88 Å². The van der Waals surface area contributed by atoms with Gasteiger partial charge in [-0.05, 0) is 19.3 Å². The highest BCUT2D eigenvalue weighted by Gasteiger charge is 2.28. The molecule has 5 heteroatoms. The van der Waals surface area contributed by atoms with Crippen LogP contribution in [0.1, 0.15) is 37.9 Å². The predicted octanol–water partition coefficient (Wildman–Crippen LogP) is 1.77. The third-order valence-electron chi connectivity index (χ3n) is 2.55. The van der Waals surface area contributed by atoms with Crippen LogP contribution in [-0.2, 0) is 0 Å². The average Bonchev–Trinajstić information content (AvgIpc) is 3.11. The molecule has 0 atom stereocenters. The summed E-state index contributed by atoms with van der Waals surface area (Å²) in [5, 5.41) is 2.98. The Hall–Kier alpha value is -1.52. The van der Waals surface area contributed by atoms with Gasteiger partial charge in [-0.3, -0.25) is 0 Å². The molecule has 0 unspecified atom stereocenters. The lowest BCUT2D eigenvalue weighted by Gasteiger charge is -2.11. The van der Waals surface area contributed by atoms with Gasteiger partial charge in [-0.2, -0.15) is 4.98 Å². The van der Waals surface area contributed by atoms with Crippen LogP contribution < -0.4 is 15.8 Å². The maximum atomic E-state index is 5.91. The summed E-state index contributed by atoms with van der Waals surface area (Å²) >= 11 is 0. The van der Waals surface area contributed by atoms with Crippen molar-refractivity contribution in [3.63, 3.8) is 0 Å². The van der Waals surface area contributed by atoms with E-state index in [0.29, 0.717) is 29.9 Å². The highest BCUT2D eigenvalue weighted by molar-refractivity contribution is 5.66. The molecule has 16 heavy (non-hydrogen) atoms. The Morgan fingerprint density at radius 1 is 1.44 bits per heavy atom. The van der Waals surface area contributed by atoms with Crippen LogP contribution in [0.3, 0.4) is 0 Å². The number of hydrogen-bond donors (Lipinski definition) is 2.